The van der Waals surface area contributed by atoms with E-state index in [-0.39, 0.29) is 36.9 Å². The van der Waals surface area contributed by atoms with Crippen molar-refractivity contribution in [1.82, 2.24) is 25.6 Å². The van der Waals surface area contributed by atoms with Crippen molar-refractivity contribution in [2.45, 2.75) is 94.6 Å². The highest BCUT2D eigenvalue weighted by atomic mass is 32.2. The Morgan fingerprint density at radius 1 is 1.08 bits per heavy atom. The van der Waals surface area contributed by atoms with Crippen LogP contribution in [0, 0.1) is 17.3 Å². The number of carbonyl (C=O) groups is 5. The Balaban J connectivity index is 1.26. The molecule has 6 rings (SSSR count). The van der Waals surface area contributed by atoms with Gasteiger partial charge in [0.25, 0.3) is 11.4 Å². The number of para-hydroxylation sites is 1. The van der Waals surface area contributed by atoms with Crippen LogP contribution in [0.4, 0.5) is 0 Å². The molecule has 5 N–H and O–H groups in total. The van der Waals surface area contributed by atoms with Crippen molar-refractivity contribution < 1.29 is 42.3 Å². The molecule has 50 heavy (non-hydrogen) atoms. The fourth-order valence-corrected chi connectivity index (χ4v) is 8.06. The third kappa shape index (κ3) is 7.18. The standard InChI is InChI=1S/C35H44N6O8S/c1-5-22-18-35(22,33(46)39-50(48,49)24-13-14-24)38-31(44)27-17-23(36-30(43)26-15-12-21-8-6-7-9-25(21)41(26)47)19-40(27)32(45)29(34(2,3)4)37-28(42)16-20-10-11-20/h5-9,12,15,20,22-24,27,29H,1,10-11,13-14,16-19H2,2-4H3,(H4-,36,37,38,39,42,43,44,46,47)/p+1/t22?,23-,27+,29-,35?/m1/s1. The molecule has 3 aliphatic carbocycles. The lowest BCUT2D eigenvalue weighted by molar-refractivity contribution is -0.885. The molecule has 2 unspecified atom stereocenters. The minimum absolute atomic E-state index is 0.0496. The van der Waals surface area contributed by atoms with E-state index >= 15 is 0 Å². The third-order valence-corrected chi connectivity index (χ3v) is 11.9. The summed E-state index contributed by atoms with van der Waals surface area (Å²) in [4.78, 5) is 69.6. The first-order valence-corrected chi connectivity index (χ1v) is 18.6. The number of aromatic nitrogens is 1. The van der Waals surface area contributed by atoms with Crippen LogP contribution in [-0.2, 0) is 29.2 Å². The maximum Gasteiger partial charge on any atom is 0.322 e. The summed E-state index contributed by atoms with van der Waals surface area (Å²) in [6.45, 7) is 9.04. The molecule has 3 saturated carbocycles. The number of nitrogens with zero attached hydrogens (tertiary/aromatic N) is 2. The van der Waals surface area contributed by atoms with Gasteiger partial charge < -0.3 is 20.9 Å². The average Bonchev–Trinajstić information content (AvgIpc) is 3.94. The largest absolute Gasteiger partial charge is 0.344 e. The second-order valence-electron chi connectivity index (χ2n) is 15.2. The molecule has 2 aromatic rings. The van der Waals surface area contributed by atoms with E-state index in [9.17, 15) is 37.6 Å². The molecule has 268 valence electrons. The number of benzene rings is 1. The number of pyridine rings is 1. The molecule has 4 aliphatic rings. The molecule has 0 spiro atoms. The van der Waals surface area contributed by atoms with E-state index < -0.39 is 73.9 Å². The van der Waals surface area contributed by atoms with E-state index in [1.165, 1.54) is 17.0 Å². The van der Waals surface area contributed by atoms with Crippen LogP contribution in [0.5, 0.6) is 0 Å². The minimum atomic E-state index is -3.91. The fraction of sp³-hybridized carbons (Fsp3) is 0.543. The second kappa shape index (κ2) is 13.0. The van der Waals surface area contributed by atoms with Gasteiger partial charge in [0, 0.05) is 41.8 Å². The first-order chi connectivity index (χ1) is 23.5. The van der Waals surface area contributed by atoms with Crippen LogP contribution in [0.2, 0.25) is 0 Å². The molecule has 1 aromatic carbocycles. The van der Waals surface area contributed by atoms with Crippen molar-refractivity contribution in [1.29, 1.82) is 0 Å². The SMILES string of the molecule is C=CC1CC1(NC(=O)[C@@H]1C[C@@H](NC(=O)c2ccc3ccccc3[n+]2O)CN1C(=O)[C@@H](NC(=O)CC1CC1)C(C)(C)C)C(=O)NS(=O)(=O)C1CC1. The highest BCUT2D eigenvalue weighted by Crippen LogP contribution is 2.45. The molecular weight excluding hydrogens is 664 g/mol. The van der Waals surface area contributed by atoms with Gasteiger partial charge in [-0.1, -0.05) is 39.0 Å². The lowest BCUT2D eigenvalue weighted by Gasteiger charge is -2.35. The van der Waals surface area contributed by atoms with E-state index in [0.717, 1.165) is 17.6 Å². The van der Waals surface area contributed by atoms with Crippen LogP contribution in [0.3, 0.4) is 0 Å². The van der Waals surface area contributed by atoms with Gasteiger partial charge in [-0.05, 0) is 62.0 Å². The number of carbonyl (C=O) groups excluding carboxylic acids is 5. The second-order valence-corrected chi connectivity index (χ2v) is 17.2. The van der Waals surface area contributed by atoms with Gasteiger partial charge in [-0.2, -0.15) is 0 Å². The predicted molar refractivity (Wildman–Crippen MR) is 181 cm³/mol. The van der Waals surface area contributed by atoms with Crippen molar-refractivity contribution in [3.05, 3.63) is 54.7 Å². The highest BCUT2D eigenvalue weighted by molar-refractivity contribution is 7.91. The summed E-state index contributed by atoms with van der Waals surface area (Å²) < 4.78 is 28.2. The molecule has 5 amide bonds. The average molecular weight is 710 g/mol. The molecule has 4 fully saturated rings. The Kier molecular flexibility index (Phi) is 9.16. The summed E-state index contributed by atoms with van der Waals surface area (Å²) >= 11 is 0. The number of hydrogen-bond acceptors (Lipinski definition) is 8. The Morgan fingerprint density at radius 3 is 2.40 bits per heavy atom. The Labute approximate surface area is 291 Å². The summed E-state index contributed by atoms with van der Waals surface area (Å²) in [5.41, 5.74) is -1.99. The molecular formula is C35H45N6O8S+. The molecule has 0 bridgehead atoms. The van der Waals surface area contributed by atoms with Crippen LogP contribution >= 0.6 is 0 Å². The molecule has 5 atom stereocenters. The first-order valence-electron chi connectivity index (χ1n) is 17.1. The molecule has 0 radical (unpaired) electrons. The molecule has 1 saturated heterocycles. The Hall–Kier alpha value is -4.53. The maximum absolute atomic E-state index is 14.4. The lowest BCUT2D eigenvalue weighted by Crippen LogP contribution is -2.60. The van der Waals surface area contributed by atoms with Gasteiger partial charge in [-0.25, -0.2) is 8.42 Å². The van der Waals surface area contributed by atoms with Crippen LogP contribution in [-0.4, -0.2) is 83.5 Å². The van der Waals surface area contributed by atoms with E-state index in [0.29, 0.717) is 30.2 Å². The molecule has 15 heteroatoms. The maximum atomic E-state index is 14.4. The molecule has 2 heterocycles. The first kappa shape index (κ1) is 35.3. The van der Waals surface area contributed by atoms with Crippen molar-refractivity contribution in [2.24, 2.45) is 17.3 Å². The Morgan fingerprint density at radius 2 is 1.78 bits per heavy atom. The third-order valence-electron chi connectivity index (χ3n) is 10.1. The number of sulfonamides is 1. The zero-order valence-electron chi connectivity index (χ0n) is 28.5. The normalized spacial score (nSPS) is 25.3. The number of amides is 5. The summed E-state index contributed by atoms with van der Waals surface area (Å²) in [5, 5.41) is 19.3. The van der Waals surface area contributed by atoms with Crippen molar-refractivity contribution in [2.75, 3.05) is 6.54 Å². The van der Waals surface area contributed by atoms with E-state index in [1.54, 1.807) is 51.1 Å². The summed E-state index contributed by atoms with van der Waals surface area (Å²) in [7, 11) is -3.91. The minimum Gasteiger partial charge on any atom is -0.344 e. The Bertz CT molecular complexity index is 1870. The number of fused-ring (bicyclic) bond motifs is 1. The van der Waals surface area contributed by atoms with Crippen molar-refractivity contribution >= 4 is 50.5 Å². The summed E-state index contributed by atoms with van der Waals surface area (Å²) in [6.07, 6.45) is 4.63. The van der Waals surface area contributed by atoms with Crippen LogP contribution in [0.15, 0.2) is 49.1 Å². The van der Waals surface area contributed by atoms with E-state index in [4.69, 9.17) is 0 Å². The number of hydrogen-bond donors (Lipinski definition) is 5. The quantitative estimate of drug-likeness (QED) is 0.123. The van der Waals surface area contributed by atoms with Gasteiger partial charge in [0.05, 0.1) is 10.6 Å². The van der Waals surface area contributed by atoms with Gasteiger partial charge in [0.1, 0.15) is 17.6 Å². The molecule has 1 aromatic heterocycles. The van der Waals surface area contributed by atoms with E-state index in [1.807, 2.05) is 0 Å². The topological polar surface area (TPSA) is 195 Å². The van der Waals surface area contributed by atoms with E-state index in [2.05, 4.69) is 27.3 Å². The van der Waals surface area contributed by atoms with Gasteiger partial charge in [0.2, 0.25) is 27.7 Å². The van der Waals surface area contributed by atoms with Crippen molar-refractivity contribution in [3.8, 4) is 0 Å². The smallest absolute Gasteiger partial charge is 0.322 e. The summed E-state index contributed by atoms with van der Waals surface area (Å²) in [6, 6.07) is 7.16. The predicted octanol–water partition coefficient (Wildman–Crippen LogP) is 1.06. The van der Waals surface area contributed by atoms with Crippen LogP contribution in [0.1, 0.15) is 76.2 Å². The van der Waals surface area contributed by atoms with Crippen LogP contribution < -0.4 is 25.4 Å². The van der Waals surface area contributed by atoms with Crippen molar-refractivity contribution in [3.63, 3.8) is 0 Å². The zero-order chi connectivity index (χ0) is 36.2. The van der Waals surface area contributed by atoms with Gasteiger partial charge >= 0.3 is 11.6 Å². The zero-order valence-corrected chi connectivity index (χ0v) is 29.3. The fourth-order valence-electron chi connectivity index (χ4n) is 6.69. The monoisotopic (exact) mass is 709 g/mol. The summed E-state index contributed by atoms with van der Waals surface area (Å²) in [5.74, 6) is -3.29. The lowest BCUT2D eigenvalue weighted by atomic mass is 9.85. The molecule has 14 nitrogen and oxygen atoms in total. The van der Waals surface area contributed by atoms with Gasteiger partial charge in [-0.3, -0.25) is 33.9 Å². The number of likely N-dealkylation sites (tertiary alicyclic amines) is 1. The number of rotatable bonds is 12. The number of nitrogens with one attached hydrogen (secondary N) is 4. The molecule has 1 aliphatic heterocycles. The van der Waals surface area contributed by atoms with Crippen LogP contribution in [0.25, 0.3) is 10.9 Å². The highest BCUT2D eigenvalue weighted by Gasteiger charge is 2.62. The van der Waals surface area contributed by atoms with Gasteiger partial charge in [0.15, 0.2) is 0 Å². The van der Waals surface area contributed by atoms with Gasteiger partial charge in [-0.15, -0.1) is 6.58 Å².